The van der Waals surface area contributed by atoms with E-state index in [0.29, 0.717) is 6.54 Å². The largest absolute Gasteiger partial charge is 0.324 e. The lowest BCUT2D eigenvalue weighted by Crippen LogP contribution is -2.08. The van der Waals surface area contributed by atoms with Gasteiger partial charge in [-0.2, -0.15) is 0 Å². The van der Waals surface area contributed by atoms with Crippen LogP contribution in [-0.4, -0.2) is 19.7 Å². The molecule has 0 bridgehead atoms. The second-order valence-electron chi connectivity index (χ2n) is 3.65. The molecule has 0 unspecified atom stereocenters. The lowest BCUT2D eigenvalue weighted by atomic mass is 10.3. The molecule has 18 heavy (non-hydrogen) atoms. The van der Waals surface area contributed by atoms with E-state index < -0.39 is 0 Å². The van der Waals surface area contributed by atoms with Crippen LogP contribution in [0.5, 0.6) is 0 Å². The number of rotatable bonds is 5. The van der Waals surface area contributed by atoms with E-state index in [1.807, 2.05) is 10.8 Å². The molecule has 2 aromatic heterocycles. The highest BCUT2D eigenvalue weighted by atomic mass is 79.9. The topological polar surface area (TPSA) is 69.6 Å². The van der Waals surface area contributed by atoms with Crippen molar-refractivity contribution in [3.8, 4) is 0 Å². The van der Waals surface area contributed by atoms with E-state index in [1.165, 1.54) is 0 Å². The molecule has 2 heterocycles. The first-order chi connectivity index (χ1) is 8.74. The quantitative estimate of drug-likeness (QED) is 0.852. The third kappa shape index (κ3) is 3.09. The number of nitrogens with zero attached hydrogens (tertiary/aromatic N) is 4. The number of aromatic nitrogens is 4. The van der Waals surface area contributed by atoms with Crippen LogP contribution in [0.2, 0.25) is 0 Å². The van der Waals surface area contributed by atoms with Crippen LogP contribution in [-0.2, 0) is 18.8 Å². The minimum Gasteiger partial charge on any atom is -0.324 e. The summed E-state index contributed by atoms with van der Waals surface area (Å²) in [6, 6.07) is 2.05. The van der Waals surface area contributed by atoms with Crippen LogP contribution in [0.15, 0.2) is 28.1 Å². The van der Waals surface area contributed by atoms with Gasteiger partial charge >= 0.3 is 0 Å². The van der Waals surface area contributed by atoms with E-state index in [-0.39, 0.29) is 0 Å². The third-order valence-electron chi connectivity index (χ3n) is 2.42. The fourth-order valence-electron chi connectivity index (χ4n) is 1.58. The van der Waals surface area contributed by atoms with Crippen LogP contribution in [0, 0.1) is 0 Å². The first-order valence-corrected chi connectivity index (χ1v) is 7.36. The predicted octanol–water partition coefficient (Wildman–Crippen LogP) is 2.21. The SMILES string of the molecule is CCn1c(CN)nnc1SCc1cncc(Br)c1. The van der Waals surface area contributed by atoms with Gasteiger partial charge in [0.2, 0.25) is 0 Å². The number of pyridine rings is 1. The molecule has 5 nitrogen and oxygen atoms in total. The van der Waals surface area contributed by atoms with Gasteiger partial charge in [0.25, 0.3) is 0 Å². The summed E-state index contributed by atoms with van der Waals surface area (Å²) >= 11 is 5.05. The van der Waals surface area contributed by atoms with Crippen LogP contribution in [0.3, 0.4) is 0 Å². The maximum Gasteiger partial charge on any atom is 0.191 e. The maximum absolute atomic E-state index is 5.62. The average Bonchev–Trinajstić information content (AvgIpc) is 2.78. The third-order valence-corrected chi connectivity index (χ3v) is 3.89. The number of thioether (sulfide) groups is 1. The van der Waals surface area contributed by atoms with Gasteiger partial charge in [-0.15, -0.1) is 10.2 Å². The van der Waals surface area contributed by atoms with Crippen LogP contribution < -0.4 is 5.73 Å². The van der Waals surface area contributed by atoms with Crippen LogP contribution >= 0.6 is 27.7 Å². The summed E-state index contributed by atoms with van der Waals surface area (Å²) in [5.41, 5.74) is 6.77. The molecule has 2 N–H and O–H groups in total. The smallest absolute Gasteiger partial charge is 0.191 e. The van der Waals surface area contributed by atoms with E-state index in [9.17, 15) is 0 Å². The van der Waals surface area contributed by atoms with E-state index in [0.717, 1.165) is 33.3 Å². The molecule has 2 aromatic rings. The normalized spacial score (nSPS) is 10.8. The summed E-state index contributed by atoms with van der Waals surface area (Å²) in [4.78, 5) is 4.14. The van der Waals surface area contributed by atoms with E-state index in [1.54, 1.807) is 18.0 Å². The highest BCUT2D eigenvalue weighted by molar-refractivity contribution is 9.10. The number of halogens is 1. The Morgan fingerprint density at radius 1 is 1.39 bits per heavy atom. The molecule has 0 aromatic carbocycles. The molecule has 0 radical (unpaired) electrons. The first kappa shape index (κ1) is 13.5. The van der Waals surface area contributed by atoms with Crippen molar-refractivity contribution >= 4 is 27.7 Å². The minimum absolute atomic E-state index is 0.417. The van der Waals surface area contributed by atoms with Gasteiger partial charge in [-0.3, -0.25) is 4.98 Å². The fraction of sp³-hybridized carbons (Fsp3) is 0.364. The Morgan fingerprint density at radius 2 is 2.22 bits per heavy atom. The number of hydrogen-bond donors (Lipinski definition) is 1. The van der Waals surface area contributed by atoms with Crippen LogP contribution in [0.4, 0.5) is 0 Å². The second kappa shape index (κ2) is 6.31. The van der Waals surface area contributed by atoms with Gasteiger partial charge in [0.1, 0.15) is 5.82 Å². The molecule has 7 heteroatoms. The van der Waals surface area contributed by atoms with Crippen molar-refractivity contribution in [2.45, 2.75) is 30.9 Å². The molecule has 0 fully saturated rings. The standard InChI is InChI=1S/C11H14BrN5S/c1-2-17-10(4-13)15-16-11(17)18-7-8-3-9(12)6-14-5-8/h3,5-6H,2,4,7,13H2,1H3. The molecular formula is C11H14BrN5S. The van der Waals surface area contributed by atoms with Gasteiger partial charge in [0.15, 0.2) is 5.16 Å². The van der Waals surface area contributed by atoms with Gasteiger partial charge in [0.05, 0.1) is 6.54 Å². The molecular weight excluding hydrogens is 314 g/mol. The van der Waals surface area contributed by atoms with E-state index >= 15 is 0 Å². The molecule has 0 saturated heterocycles. The maximum atomic E-state index is 5.62. The van der Waals surface area contributed by atoms with Crippen molar-refractivity contribution in [2.75, 3.05) is 0 Å². The number of nitrogens with two attached hydrogens (primary N) is 1. The predicted molar refractivity (Wildman–Crippen MR) is 75.1 cm³/mol. The Morgan fingerprint density at radius 3 is 2.89 bits per heavy atom. The van der Waals surface area contributed by atoms with E-state index in [4.69, 9.17) is 5.73 Å². The molecule has 0 spiro atoms. The molecule has 0 atom stereocenters. The molecule has 0 aliphatic rings. The van der Waals surface area contributed by atoms with Crippen molar-refractivity contribution in [1.82, 2.24) is 19.7 Å². The summed E-state index contributed by atoms with van der Waals surface area (Å²) in [5.74, 6) is 1.64. The average molecular weight is 328 g/mol. The highest BCUT2D eigenvalue weighted by Gasteiger charge is 2.09. The molecule has 96 valence electrons. The molecule has 2 rings (SSSR count). The van der Waals surface area contributed by atoms with Crippen molar-refractivity contribution in [1.29, 1.82) is 0 Å². The summed E-state index contributed by atoms with van der Waals surface area (Å²) in [5, 5.41) is 9.14. The summed E-state index contributed by atoms with van der Waals surface area (Å²) in [7, 11) is 0. The fourth-order valence-corrected chi connectivity index (χ4v) is 2.93. The Hall–Kier alpha value is -0.920. The van der Waals surface area contributed by atoms with Crippen molar-refractivity contribution < 1.29 is 0 Å². The van der Waals surface area contributed by atoms with E-state index in [2.05, 4.69) is 44.1 Å². The molecule has 0 saturated carbocycles. The molecule has 0 aliphatic carbocycles. The first-order valence-electron chi connectivity index (χ1n) is 5.59. The zero-order valence-electron chi connectivity index (χ0n) is 10.0. The van der Waals surface area contributed by atoms with Gasteiger partial charge < -0.3 is 10.3 Å². The van der Waals surface area contributed by atoms with Crippen molar-refractivity contribution in [3.05, 3.63) is 34.3 Å². The Balaban J connectivity index is 2.08. The second-order valence-corrected chi connectivity index (χ2v) is 5.51. The minimum atomic E-state index is 0.417. The van der Waals surface area contributed by atoms with Crippen molar-refractivity contribution in [3.63, 3.8) is 0 Å². The van der Waals surface area contributed by atoms with Crippen molar-refractivity contribution in [2.24, 2.45) is 5.73 Å². The monoisotopic (exact) mass is 327 g/mol. The van der Waals surface area contributed by atoms with Gasteiger partial charge in [0, 0.05) is 29.2 Å². The Labute approximate surface area is 118 Å². The summed E-state index contributed by atoms with van der Waals surface area (Å²) in [6.45, 7) is 3.31. The number of hydrogen-bond acceptors (Lipinski definition) is 5. The van der Waals surface area contributed by atoms with Crippen LogP contribution in [0.1, 0.15) is 18.3 Å². The molecule has 0 amide bonds. The summed E-state index contributed by atoms with van der Waals surface area (Å²) in [6.07, 6.45) is 3.63. The lowest BCUT2D eigenvalue weighted by molar-refractivity contribution is 0.643. The summed E-state index contributed by atoms with van der Waals surface area (Å²) < 4.78 is 3.02. The zero-order chi connectivity index (χ0) is 13.0. The Kier molecular flexibility index (Phi) is 4.73. The van der Waals surface area contributed by atoms with Gasteiger partial charge in [-0.05, 0) is 34.5 Å². The van der Waals surface area contributed by atoms with Crippen LogP contribution in [0.25, 0.3) is 0 Å². The lowest BCUT2D eigenvalue weighted by Gasteiger charge is -2.05. The highest BCUT2D eigenvalue weighted by Crippen LogP contribution is 2.22. The Bertz CT molecular complexity index is 528. The zero-order valence-corrected chi connectivity index (χ0v) is 12.4. The van der Waals surface area contributed by atoms with Gasteiger partial charge in [-0.25, -0.2) is 0 Å². The molecule has 0 aliphatic heterocycles. The van der Waals surface area contributed by atoms with Gasteiger partial charge in [-0.1, -0.05) is 11.8 Å².